The van der Waals surface area contributed by atoms with E-state index in [-0.39, 0.29) is 80.5 Å². The molecule has 0 saturated carbocycles. The molecule has 15 heteroatoms. The predicted octanol–water partition coefficient (Wildman–Crippen LogP) is 2.44. The van der Waals surface area contributed by atoms with Crippen molar-refractivity contribution in [3.05, 3.63) is 42.0 Å². The van der Waals surface area contributed by atoms with Gasteiger partial charge in [-0.1, -0.05) is 53.7 Å². The molecule has 1 unspecified atom stereocenters. The van der Waals surface area contributed by atoms with Gasteiger partial charge < -0.3 is 35.5 Å². The number of hydrogen-bond acceptors (Lipinski definition) is 11. The number of imide groups is 1. The first-order valence-electron chi connectivity index (χ1n) is 16.7. The summed E-state index contributed by atoms with van der Waals surface area (Å²) in [6.07, 6.45) is -0.196. The van der Waals surface area contributed by atoms with Crippen LogP contribution in [0.3, 0.4) is 0 Å². The first-order chi connectivity index (χ1) is 23.6. The number of esters is 1. The van der Waals surface area contributed by atoms with E-state index in [4.69, 9.17) is 14.2 Å². The minimum Gasteiger partial charge on any atom is -0.461 e. The number of hydrogen-bond donors (Lipinski definition) is 4. The molecule has 0 spiro atoms. The molecule has 0 saturated heterocycles. The normalized spacial score (nSPS) is 14.4. The lowest BCUT2D eigenvalue weighted by Crippen LogP contribution is -2.47. The van der Waals surface area contributed by atoms with Crippen molar-refractivity contribution < 1.29 is 47.8 Å². The van der Waals surface area contributed by atoms with Gasteiger partial charge in [0.1, 0.15) is 18.8 Å². The van der Waals surface area contributed by atoms with Gasteiger partial charge in [0.05, 0.1) is 19.4 Å². The van der Waals surface area contributed by atoms with E-state index in [1.807, 2.05) is 27.7 Å². The number of nitrogens with one attached hydrogen (secondary N) is 4. The summed E-state index contributed by atoms with van der Waals surface area (Å²) < 4.78 is 16.1. The molecule has 5 amide bonds. The highest BCUT2D eigenvalue weighted by Crippen LogP contribution is 2.18. The zero-order valence-corrected chi connectivity index (χ0v) is 29.9. The van der Waals surface area contributed by atoms with E-state index in [0.717, 1.165) is 4.90 Å². The Balaban J connectivity index is 1.75. The van der Waals surface area contributed by atoms with Crippen LogP contribution in [-0.2, 0) is 49.6 Å². The monoisotopic (exact) mass is 701 g/mol. The minimum absolute atomic E-state index is 0.00884. The molecule has 1 aliphatic rings. The summed E-state index contributed by atoms with van der Waals surface area (Å²) >= 11 is 0. The Kier molecular flexibility index (Phi) is 17.1. The fourth-order valence-electron chi connectivity index (χ4n) is 4.62. The topological polar surface area (TPSA) is 199 Å². The molecule has 0 aromatic heterocycles. The summed E-state index contributed by atoms with van der Waals surface area (Å²) in [6.45, 7) is 11.3. The van der Waals surface area contributed by atoms with Crippen molar-refractivity contribution in [3.8, 4) is 0 Å². The number of nitrogens with zero attached hydrogens (tertiary/aromatic N) is 1. The Morgan fingerprint density at radius 3 is 1.92 bits per heavy atom. The summed E-state index contributed by atoms with van der Waals surface area (Å²) in [5.74, 6) is -2.57. The number of anilines is 1. The van der Waals surface area contributed by atoms with E-state index in [1.165, 1.54) is 19.2 Å². The van der Waals surface area contributed by atoms with Gasteiger partial charge in [0, 0.05) is 50.4 Å². The van der Waals surface area contributed by atoms with Crippen LogP contribution in [0.2, 0.25) is 0 Å². The third-order valence-corrected chi connectivity index (χ3v) is 7.91. The van der Waals surface area contributed by atoms with Gasteiger partial charge in [0.15, 0.2) is 0 Å². The highest BCUT2D eigenvalue weighted by molar-refractivity contribution is 6.13. The van der Waals surface area contributed by atoms with Gasteiger partial charge in [-0.2, -0.15) is 0 Å². The molecule has 15 nitrogen and oxygen atoms in total. The standard InChI is InChI=1S/C35H51N5O10/c1-21(2)26(39-29(41)14-15-40-32(44)12-13-33(40)45)18-37-19-31(43)38-25-10-8-24(9-11-25)20-48-35(47)50-28(23(5)6)17-34(46)49-27(22(3)4)16-30(42)36-7/h8-13,21-23,26-28,37H,14-20H2,1-7H3,(H,36,42)(H,38,43)(H,39,41)/t26?,27-,28-/m0/s1. The Bertz CT molecular complexity index is 1360. The lowest BCUT2D eigenvalue weighted by molar-refractivity contribution is -0.156. The van der Waals surface area contributed by atoms with Gasteiger partial charge >= 0.3 is 12.1 Å². The van der Waals surface area contributed by atoms with Crippen LogP contribution >= 0.6 is 0 Å². The molecule has 0 radical (unpaired) electrons. The van der Waals surface area contributed by atoms with Crippen LogP contribution in [0.15, 0.2) is 36.4 Å². The molecule has 0 aliphatic carbocycles. The number of carbonyl (C=O) groups is 7. The molecule has 1 aliphatic heterocycles. The van der Waals surface area contributed by atoms with Crippen LogP contribution in [0.4, 0.5) is 10.5 Å². The van der Waals surface area contributed by atoms with Crippen LogP contribution in [0.25, 0.3) is 0 Å². The minimum atomic E-state index is -0.948. The molecule has 50 heavy (non-hydrogen) atoms. The molecule has 0 fully saturated rings. The Labute approximate surface area is 293 Å². The van der Waals surface area contributed by atoms with Gasteiger partial charge in [-0.3, -0.25) is 33.7 Å². The Hall–Kier alpha value is -4.79. The zero-order chi connectivity index (χ0) is 37.4. The lowest BCUT2D eigenvalue weighted by Gasteiger charge is -2.24. The van der Waals surface area contributed by atoms with Crippen molar-refractivity contribution in [2.75, 3.05) is 32.0 Å². The smallest absolute Gasteiger partial charge is 0.461 e. The maximum atomic E-state index is 12.6. The fraction of sp³-hybridized carbons (Fsp3) is 0.571. The fourth-order valence-corrected chi connectivity index (χ4v) is 4.62. The van der Waals surface area contributed by atoms with E-state index in [0.29, 0.717) is 17.8 Å². The van der Waals surface area contributed by atoms with Gasteiger partial charge in [0.25, 0.3) is 11.8 Å². The number of rotatable bonds is 20. The van der Waals surface area contributed by atoms with Crippen LogP contribution < -0.4 is 21.3 Å². The molecule has 1 heterocycles. The van der Waals surface area contributed by atoms with Crippen LogP contribution in [0, 0.1) is 17.8 Å². The van der Waals surface area contributed by atoms with Crippen LogP contribution in [0.5, 0.6) is 0 Å². The highest BCUT2D eigenvalue weighted by atomic mass is 16.7. The summed E-state index contributed by atoms with van der Waals surface area (Å²) in [6, 6.07) is 6.38. The number of amides is 5. The molecule has 0 bridgehead atoms. The number of carbonyl (C=O) groups excluding carboxylic acids is 7. The van der Waals surface area contributed by atoms with E-state index < -0.39 is 36.1 Å². The summed E-state index contributed by atoms with van der Waals surface area (Å²) in [5.41, 5.74) is 1.16. The van der Waals surface area contributed by atoms with Gasteiger partial charge in [-0.25, -0.2) is 4.79 Å². The summed E-state index contributed by atoms with van der Waals surface area (Å²) in [4.78, 5) is 86.1. The van der Waals surface area contributed by atoms with E-state index in [1.54, 1.807) is 38.1 Å². The zero-order valence-electron chi connectivity index (χ0n) is 29.9. The molecule has 3 atom stereocenters. The van der Waals surface area contributed by atoms with Gasteiger partial charge in [-0.15, -0.1) is 0 Å². The van der Waals surface area contributed by atoms with E-state index >= 15 is 0 Å². The second-order valence-corrected chi connectivity index (χ2v) is 13.0. The molecular weight excluding hydrogens is 650 g/mol. The summed E-state index contributed by atoms with van der Waals surface area (Å²) in [7, 11) is 1.51. The second-order valence-electron chi connectivity index (χ2n) is 13.0. The average Bonchev–Trinajstić information content (AvgIpc) is 3.37. The lowest BCUT2D eigenvalue weighted by atomic mass is 10.0. The second kappa shape index (κ2) is 20.7. The van der Waals surface area contributed by atoms with Crippen molar-refractivity contribution in [2.45, 2.75) is 85.7 Å². The molecule has 4 N–H and O–H groups in total. The van der Waals surface area contributed by atoms with Crippen molar-refractivity contribution in [3.63, 3.8) is 0 Å². The van der Waals surface area contributed by atoms with Crippen molar-refractivity contribution >= 4 is 47.3 Å². The predicted molar refractivity (Wildman–Crippen MR) is 183 cm³/mol. The Morgan fingerprint density at radius 2 is 1.36 bits per heavy atom. The average molecular weight is 702 g/mol. The van der Waals surface area contributed by atoms with E-state index in [9.17, 15) is 33.6 Å². The number of ether oxygens (including phenoxy) is 3. The number of benzene rings is 1. The quantitative estimate of drug-likeness (QED) is 0.115. The highest BCUT2D eigenvalue weighted by Gasteiger charge is 2.28. The maximum absolute atomic E-state index is 12.6. The Morgan fingerprint density at radius 1 is 0.760 bits per heavy atom. The summed E-state index contributed by atoms with van der Waals surface area (Å²) in [5, 5.41) is 11.2. The molecular formula is C35H51N5O10. The molecule has 2 rings (SSSR count). The largest absolute Gasteiger partial charge is 0.508 e. The van der Waals surface area contributed by atoms with Crippen molar-refractivity contribution in [1.29, 1.82) is 0 Å². The third-order valence-electron chi connectivity index (χ3n) is 7.91. The third kappa shape index (κ3) is 14.8. The van der Waals surface area contributed by atoms with E-state index in [2.05, 4.69) is 21.3 Å². The van der Waals surface area contributed by atoms with Gasteiger partial charge in [-0.05, 0) is 35.4 Å². The molecule has 1 aromatic carbocycles. The first-order valence-corrected chi connectivity index (χ1v) is 16.7. The van der Waals surface area contributed by atoms with Crippen molar-refractivity contribution in [1.82, 2.24) is 20.9 Å². The van der Waals surface area contributed by atoms with Gasteiger partial charge in [0.2, 0.25) is 17.7 Å². The van der Waals surface area contributed by atoms with Crippen LogP contribution in [0.1, 0.15) is 66.4 Å². The molecule has 1 aromatic rings. The van der Waals surface area contributed by atoms with Crippen molar-refractivity contribution in [2.24, 2.45) is 17.8 Å². The first kappa shape index (κ1) is 41.4. The van der Waals surface area contributed by atoms with Crippen LogP contribution in [-0.4, -0.2) is 91.5 Å². The molecule has 276 valence electrons. The SMILES string of the molecule is CNC(=O)C[C@H](OC(=O)C[C@H](OC(=O)OCc1ccc(NC(=O)CNCC(NC(=O)CCN2C(=O)C=CC2=O)C(C)C)cc1)C(C)C)C(C)C. The maximum Gasteiger partial charge on any atom is 0.508 e.